The molecular formula is C12H11FN2O3. The summed E-state index contributed by atoms with van der Waals surface area (Å²) < 4.78 is 23.9. The summed E-state index contributed by atoms with van der Waals surface area (Å²) in [7, 11) is 0. The molecule has 1 aromatic carbocycles. The van der Waals surface area contributed by atoms with Crippen LogP contribution >= 0.6 is 0 Å². The van der Waals surface area contributed by atoms with Gasteiger partial charge in [-0.2, -0.15) is 5.26 Å². The van der Waals surface area contributed by atoms with E-state index in [1.165, 1.54) is 18.2 Å². The normalized spacial score (nSPS) is 14.4. The summed E-state index contributed by atoms with van der Waals surface area (Å²) in [6.45, 7) is 0.805. The molecule has 1 N–H and O–H groups in total. The number of hydrogen-bond acceptors (Lipinski definition) is 4. The van der Waals surface area contributed by atoms with E-state index in [1.807, 2.05) is 0 Å². The average Bonchev–Trinajstić information content (AvgIpc) is 2.26. The molecule has 1 saturated heterocycles. The van der Waals surface area contributed by atoms with Crippen LogP contribution in [0.4, 0.5) is 10.1 Å². The van der Waals surface area contributed by atoms with Crippen molar-refractivity contribution in [2.75, 3.05) is 18.5 Å². The first kappa shape index (κ1) is 12.3. The molecule has 1 fully saturated rings. The predicted octanol–water partition coefficient (Wildman–Crippen LogP) is 1.46. The number of para-hydroxylation sites is 1. The maximum absolute atomic E-state index is 13.6. The van der Waals surface area contributed by atoms with E-state index in [1.54, 1.807) is 6.07 Å². The summed E-state index contributed by atoms with van der Waals surface area (Å²) >= 11 is 0. The Morgan fingerprint density at radius 3 is 3.00 bits per heavy atom. The van der Waals surface area contributed by atoms with Gasteiger partial charge in [-0.1, -0.05) is 6.07 Å². The van der Waals surface area contributed by atoms with E-state index in [9.17, 15) is 9.18 Å². The molecule has 1 aliphatic heterocycles. The fraction of sp³-hybridized carbons (Fsp3) is 0.333. The van der Waals surface area contributed by atoms with Crippen LogP contribution in [0.15, 0.2) is 18.2 Å². The predicted molar refractivity (Wildman–Crippen MR) is 60.5 cm³/mol. The van der Waals surface area contributed by atoms with Crippen LogP contribution in [-0.2, 0) is 9.53 Å². The quantitative estimate of drug-likeness (QED) is 0.878. The van der Waals surface area contributed by atoms with Gasteiger partial charge in [0.25, 0.3) is 0 Å². The molecule has 0 radical (unpaired) electrons. The SMILES string of the molecule is N#CCC(=O)Nc1cccc(F)c1OC1COC1. The molecule has 6 heteroatoms. The van der Waals surface area contributed by atoms with Crippen molar-refractivity contribution in [2.45, 2.75) is 12.5 Å². The van der Waals surface area contributed by atoms with Crippen LogP contribution in [0.5, 0.6) is 5.75 Å². The van der Waals surface area contributed by atoms with Gasteiger partial charge in [0.15, 0.2) is 11.6 Å². The van der Waals surface area contributed by atoms with Crippen molar-refractivity contribution in [3.63, 3.8) is 0 Å². The number of anilines is 1. The van der Waals surface area contributed by atoms with Crippen molar-refractivity contribution in [1.29, 1.82) is 5.26 Å². The van der Waals surface area contributed by atoms with Crippen LogP contribution in [-0.4, -0.2) is 25.2 Å². The minimum absolute atomic E-state index is 0.0166. The molecule has 2 rings (SSSR count). The van der Waals surface area contributed by atoms with E-state index < -0.39 is 11.7 Å². The number of carbonyl (C=O) groups is 1. The fourth-order valence-corrected chi connectivity index (χ4v) is 1.44. The maximum Gasteiger partial charge on any atom is 0.238 e. The molecule has 0 bridgehead atoms. The topological polar surface area (TPSA) is 71.4 Å². The molecule has 0 atom stereocenters. The lowest BCUT2D eigenvalue weighted by Crippen LogP contribution is -2.39. The first-order chi connectivity index (χ1) is 8.70. The van der Waals surface area contributed by atoms with Crippen LogP contribution in [0.3, 0.4) is 0 Å². The summed E-state index contributed by atoms with van der Waals surface area (Å²) in [6, 6.07) is 5.94. The zero-order chi connectivity index (χ0) is 13.0. The van der Waals surface area contributed by atoms with Gasteiger partial charge in [-0.15, -0.1) is 0 Å². The van der Waals surface area contributed by atoms with Crippen molar-refractivity contribution in [3.05, 3.63) is 24.0 Å². The van der Waals surface area contributed by atoms with Crippen molar-refractivity contribution in [2.24, 2.45) is 0 Å². The number of nitrogens with zero attached hydrogens (tertiary/aromatic N) is 1. The highest BCUT2D eigenvalue weighted by Crippen LogP contribution is 2.29. The van der Waals surface area contributed by atoms with Crippen LogP contribution in [0.1, 0.15) is 6.42 Å². The summed E-state index contributed by atoms with van der Waals surface area (Å²) in [4.78, 5) is 11.3. The Morgan fingerprint density at radius 1 is 1.61 bits per heavy atom. The van der Waals surface area contributed by atoms with Crippen molar-refractivity contribution >= 4 is 11.6 Å². The molecule has 5 nitrogen and oxygen atoms in total. The van der Waals surface area contributed by atoms with Gasteiger partial charge in [0.05, 0.1) is 25.0 Å². The van der Waals surface area contributed by atoms with Crippen LogP contribution < -0.4 is 10.1 Å². The minimum atomic E-state index is -0.559. The first-order valence-electron chi connectivity index (χ1n) is 5.40. The van der Waals surface area contributed by atoms with Crippen LogP contribution in [0, 0.1) is 17.1 Å². The number of amides is 1. The molecule has 0 aromatic heterocycles. The number of nitrogens with one attached hydrogen (secondary N) is 1. The molecule has 1 heterocycles. The van der Waals surface area contributed by atoms with E-state index in [0.29, 0.717) is 13.2 Å². The van der Waals surface area contributed by atoms with Crippen LogP contribution in [0.2, 0.25) is 0 Å². The molecule has 0 saturated carbocycles. The Hall–Kier alpha value is -2.13. The number of rotatable bonds is 4. The molecule has 1 amide bonds. The van der Waals surface area contributed by atoms with Gasteiger partial charge in [-0.05, 0) is 12.1 Å². The Morgan fingerprint density at radius 2 is 2.39 bits per heavy atom. The third-order valence-electron chi connectivity index (χ3n) is 2.37. The molecule has 0 spiro atoms. The number of hydrogen-bond donors (Lipinski definition) is 1. The second kappa shape index (κ2) is 5.47. The molecular weight excluding hydrogens is 239 g/mol. The standard InChI is InChI=1S/C12H11FN2O3/c13-9-2-1-3-10(15-11(16)4-5-14)12(9)18-8-6-17-7-8/h1-3,8H,4,6-7H2,(H,15,16). The Bertz CT molecular complexity index is 495. The van der Waals surface area contributed by atoms with Gasteiger partial charge in [-0.25, -0.2) is 4.39 Å². The lowest BCUT2D eigenvalue weighted by atomic mass is 10.2. The molecule has 0 unspecified atom stereocenters. The number of ether oxygens (including phenoxy) is 2. The van der Waals surface area contributed by atoms with Gasteiger partial charge >= 0.3 is 0 Å². The van der Waals surface area contributed by atoms with Crippen LogP contribution in [0.25, 0.3) is 0 Å². The summed E-state index contributed by atoms with van der Waals surface area (Å²) in [5, 5.41) is 10.8. The summed E-state index contributed by atoms with van der Waals surface area (Å²) in [6.07, 6.45) is -0.490. The van der Waals surface area contributed by atoms with E-state index >= 15 is 0 Å². The summed E-state index contributed by atoms with van der Waals surface area (Å²) in [5.41, 5.74) is 0.224. The highest BCUT2D eigenvalue weighted by Gasteiger charge is 2.23. The lowest BCUT2D eigenvalue weighted by Gasteiger charge is -2.27. The van der Waals surface area contributed by atoms with E-state index in [2.05, 4.69) is 5.32 Å². The van der Waals surface area contributed by atoms with E-state index in [4.69, 9.17) is 14.7 Å². The third-order valence-corrected chi connectivity index (χ3v) is 2.37. The second-order valence-corrected chi connectivity index (χ2v) is 3.78. The largest absolute Gasteiger partial charge is 0.480 e. The van der Waals surface area contributed by atoms with Crippen molar-refractivity contribution in [3.8, 4) is 11.8 Å². The van der Waals surface area contributed by atoms with Gasteiger partial charge < -0.3 is 14.8 Å². The highest BCUT2D eigenvalue weighted by atomic mass is 19.1. The van der Waals surface area contributed by atoms with Gasteiger partial charge in [0, 0.05) is 0 Å². The van der Waals surface area contributed by atoms with Crippen molar-refractivity contribution in [1.82, 2.24) is 0 Å². The second-order valence-electron chi connectivity index (χ2n) is 3.78. The van der Waals surface area contributed by atoms with Gasteiger partial charge in [0.1, 0.15) is 12.5 Å². The van der Waals surface area contributed by atoms with Gasteiger partial charge in [0.2, 0.25) is 5.91 Å². The van der Waals surface area contributed by atoms with Gasteiger partial charge in [-0.3, -0.25) is 4.79 Å². The minimum Gasteiger partial charge on any atom is -0.480 e. The zero-order valence-electron chi connectivity index (χ0n) is 9.48. The average molecular weight is 250 g/mol. The number of nitriles is 1. The first-order valence-corrected chi connectivity index (χ1v) is 5.40. The smallest absolute Gasteiger partial charge is 0.238 e. The lowest BCUT2D eigenvalue weighted by molar-refractivity contribution is -0.115. The molecule has 18 heavy (non-hydrogen) atoms. The fourth-order valence-electron chi connectivity index (χ4n) is 1.44. The molecule has 94 valence electrons. The monoisotopic (exact) mass is 250 g/mol. The Kier molecular flexibility index (Phi) is 3.75. The maximum atomic E-state index is 13.6. The Balaban J connectivity index is 2.15. The highest BCUT2D eigenvalue weighted by molar-refractivity contribution is 5.93. The van der Waals surface area contributed by atoms with E-state index in [-0.39, 0.29) is 24.0 Å². The van der Waals surface area contributed by atoms with Crippen molar-refractivity contribution < 1.29 is 18.7 Å². The molecule has 1 aliphatic rings. The molecule has 1 aromatic rings. The molecule has 0 aliphatic carbocycles. The zero-order valence-corrected chi connectivity index (χ0v) is 9.48. The van der Waals surface area contributed by atoms with E-state index in [0.717, 1.165) is 0 Å². The number of carbonyl (C=O) groups excluding carboxylic acids is 1. The number of halogens is 1. The third kappa shape index (κ3) is 2.76. The Labute approximate surface area is 103 Å². The summed E-state index contributed by atoms with van der Waals surface area (Å²) in [5.74, 6) is -1.08. The number of benzene rings is 1.